The molecule has 2 aliphatic rings. The number of nitrogens with zero attached hydrogens (tertiary/aromatic N) is 1. The van der Waals surface area contributed by atoms with E-state index in [2.05, 4.69) is 37.4 Å². The fourth-order valence-electron chi connectivity index (χ4n) is 2.91. The molecule has 1 aliphatic heterocycles. The molecule has 3 heteroatoms. The van der Waals surface area contributed by atoms with E-state index < -0.39 is 0 Å². The summed E-state index contributed by atoms with van der Waals surface area (Å²) < 4.78 is 5.57. The van der Waals surface area contributed by atoms with E-state index >= 15 is 0 Å². The average molecular weight is 248 g/mol. The van der Waals surface area contributed by atoms with Gasteiger partial charge in [-0.1, -0.05) is 0 Å². The van der Waals surface area contributed by atoms with E-state index in [1.54, 1.807) is 12.7 Å². The molecule has 0 atom stereocenters. The standard InChI is InChI=1S/C15H24N2O/c1-11-14(18-4)7-5-6-12-8-16-9-13(15(11)12)10-17(2)3/h9,16H,5-8,10H2,1-4H3. The summed E-state index contributed by atoms with van der Waals surface area (Å²) in [6, 6.07) is 0. The Morgan fingerprint density at radius 1 is 1.33 bits per heavy atom. The van der Waals surface area contributed by atoms with Gasteiger partial charge in [-0.2, -0.15) is 0 Å². The van der Waals surface area contributed by atoms with Crippen molar-refractivity contribution < 1.29 is 4.74 Å². The van der Waals surface area contributed by atoms with Crippen LogP contribution in [0.25, 0.3) is 0 Å². The highest BCUT2D eigenvalue weighted by Crippen LogP contribution is 2.34. The molecule has 2 rings (SSSR count). The summed E-state index contributed by atoms with van der Waals surface area (Å²) in [5, 5.41) is 3.41. The van der Waals surface area contributed by atoms with Crippen molar-refractivity contribution in [2.45, 2.75) is 26.2 Å². The maximum absolute atomic E-state index is 5.57. The van der Waals surface area contributed by atoms with Gasteiger partial charge in [-0.25, -0.2) is 0 Å². The van der Waals surface area contributed by atoms with Crippen molar-refractivity contribution >= 4 is 0 Å². The van der Waals surface area contributed by atoms with Crippen LogP contribution in [0.3, 0.4) is 0 Å². The zero-order chi connectivity index (χ0) is 13.1. The number of methoxy groups -OCH3 is 1. The Morgan fingerprint density at radius 3 is 2.78 bits per heavy atom. The Labute approximate surface area is 110 Å². The molecule has 0 radical (unpaired) electrons. The monoisotopic (exact) mass is 248 g/mol. The van der Waals surface area contributed by atoms with E-state index in [0.29, 0.717) is 0 Å². The Bertz CT molecular complexity index is 416. The van der Waals surface area contributed by atoms with Crippen LogP contribution in [-0.4, -0.2) is 39.2 Å². The average Bonchev–Trinajstić information content (AvgIpc) is 2.48. The van der Waals surface area contributed by atoms with E-state index in [1.807, 2.05) is 0 Å². The molecule has 0 spiro atoms. The summed E-state index contributed by atoms with van der Waals surface area (Å²) in [5.74, 6) is 1.16. The Balaban J connectivity index is 2.40. The molecule has 1 heterocycles. The molecule has 0 aromatic heterocycles. The number of nitrogens with one attached hydrogen (secondary N) is 1. The summed E-state index contributed by atoms with van der Waals surface area (Å²) in [5.41, 5.74) is 5.70. The molecule has 1 aliphatic carbocycles. The van der Waals surface area contributed by atoms with Gasteiger partial charge >= 0.3 is 0 Å². The summed E-state index contributed by atoms with van der Waals surface area (Å²) in [7, 11) is 6.02. The molecule has 0 aromatic carbocycles. The second kappa shape index (κ2) is 5.61. The summed E-state index contributed by atoms with van der Waals surface area (Å²) in [6.07, 6.45) is 5.60. The second-order valence-corrected chi connectivity index (χ2v) is 5.37. The fourth-order valence-corrected chi connectivity index (χ4v) is 2.91. The van der Waals surface area contributed by atoms with Crippen LogP contribution in [0.4, 0.5) is 0 Å². The molecule has 100 valence electrons. The first kappa shape index (κ1) is 13.2. The summed E-state index contributed by atoms with van der Waals surface area (Å²) in [6.45, 7) is 4.16. The number of allylic oxidation sites excluding steroid dienone is 2. The van der Waals surface area contributed by atoms with Crippen LogP contribution < -0.4 is 5.32 Å². The fraction of sp³-hybridized carbons (Fsp3) is 0.600. The molecular formula is C15H24N2O. The van der Waals surface area contributed by atoms with E-state index in [0.717, 1.165) is 25.3 Å². The molecule has 0 bridgehead atoms. The van der Waals surface area contributed by atoms with Crippen molar-refractivity contribution in [2.75, 3.05) is 34.3 Å². The lowest BCUT2D eigenvalue weighted by Crippen LogP contribution is -2.25. The molecule has 0 fully saturated rings. The van der Waals surface area contributed by atoms with Gasteiger partial charge in [0.15, 0.2) is 0 Å². The molecule has 0 saturated heterocycles. The highest BCUT2D eigenvalue weighted by Gasteiger charge is 2.22. The van der Waals surface area contributed by atoms with Crippen molar-refractivity contribution in [1.82, 2.24) is 10.2 Å². The maximum Gasteiger partial charge on any atom is 0.0990 e. The Kier molecular flexibility index (Phi) is 4.12. The molecule has 0 aromatic rings. The van der Waals surface area contributed by atoms with Crippen LogP contribution in [-0.2, 0) is 4.74 Å². The molecule has 3 nitrogen and oxygen atoms in total. The van der Waals surface area contributed by atoms with Crippen molar-refractivity contribution in [3.63, 3.8) is 0 Å². The lowest BCUT2D eigenvalue weighted by molar-refractivity contribution is 0.272. The SMILES string of the molecule is COC1=C(C)C2=C(CCC1)CNC=C2CN(C)C. The van der Waals surface area contributed by atoms with Crippen molar-refractivity contribution in [3.05, 3.63) is 34.3 Å². The minimum atomic E-state index is 0.972. The number of hydrogen-bond donors (Lipinski definition) is 1. The number of dihydropyridines is 1. The van der Waals surface area contributed by atoms with Crippen LogP contribution in [0.15, 0.2) is 34.3 Å². The second-order valence-electron chi connectivity index (χ2n) is 5.37. The van der Waals surface area contributed by atoms with Crippen molar-refractivity contribution in [2.24, 2.45) is 0 Å². The third-order valence-electron chi connectivity index (χ3n) is 3.68. The van der Waals surface area contributed by atoms with Crippen LogP contribution in [0.1, 0.15) is 26.2 Å². The van der Waals surface area contributed by atoms with Gasteiger partial charge in [0.1, 0.15) is 0 Å². The Hall–Kier alpha value is -1.22. The Morgan fingerprint density at radius 2 is 2.11 bits per heavy atom. The largest absolute Gasteiger partial charge is 0.501 e. The highest BCUT2D eigenvalue weighted by molar-refractivity contribution is 5.53. The molecule has 0 amide bonds. The number of ether oxygens (including phenoxy) is 1. The minimum Gasteiger partial charge on any atom is -0.501 e. The molecule has 0 unspecified atom stereocenters. The van der Waals surface area contributed by atoms with E-state index in [4.69, 9.17) is 4.74 Å². The predicted octanol–water partition coefficient (Wildman–Crippen LogP) is 2.44. The van der Waals surface area contributed by atoms with Gasteiger partial charge in [0, 0.05) is 25.7 Å². The molecular weight excluding hydrogens is 224 g/mol. The van der Waals surface area contributed by atoms with Crippen LogP contribution >= 0.6 is 0 Å². The topological polar surface area (TPSA) is 24.5 Å². The minimum absolute atomic E-state index is 0.972. The molecule has 1 N–H and O–H groups in total. The third kappa shape index (κ3) is 2.61. The highest BCUT2D eigenvalue weighted by atomic mass is 16.5. The quantitative estimate of drug-likeness (QED) is 0.830. The predicted molar refractivity (Wildman–Crippen MR) is 75.2 cm³/mol. The van der Waals surface area contributed by atoms with Crippen molar-refractivity contribution in [3.8, 4) is 0 Å². The van der Waals surface area contributed by atoms with E-state index in [1.165, 1.54) is 29.6 Å². The van der Waals surface area contributed by atoms with Gasteiger partial charge in [0.05, 0.1) is 12.9 Å². The number of likely N-dealkylation sites (N-methyl/N-ethyl adjacent to an activating group) is 1. The maximum atomic E-state index is 5.57. The van der Waals surface area contributed by atoms with Crippen molar-refractivity contribution in [1.29, 1.82) is 0 Å². The normalized spacial score (nSPS) is 20.4. The third-order valence-corrected chi connectivity index (χ3v) is 3.68. The number of hydrogen-bond acceptors (Lipinski definition) is 3. The number of rotatable bonds is 3. The molecule has 18 heavy (non-hydrogen) atoms. The van der Waals surface area contributed by atoms with Crippen LogP contribution in [0.5, 0.6) is 0 Å². The first-order valence-electron chi connectivity index (χ1n) is 6.67. The lowest BCUT2D eigenvalue weighted by atomic mass is 9.91. The van der Waals surface area contributed by atoms with Gasteiger partial charge in [-0.15, -0.1) is 0 Å². The van der Waals surface area contributed by atoms with Gasteiger partial charge in [0.25, 0.3) is 0 Å². The van der Waals surface area contributed by atoms with Gasteiger partial charge in [0.2, 0.25) is 0 Å². The van der Waals surface area contributed by atoms with Gasteiger partial charge in [-0.3, -0.25) is 0 Å². The molecule has 0 saturated carbocycles. The van der Waals surface area contributed by atoms with Gasteiger partial charge in [-0.05, 0) is 56.2 Å². The first-order valence-corrected chi connectivity index (χ1v) is 6.67. The zero-order valence-corrected chi connectivity index (χ0v) is 12.0. The van der Waals surface area contributed by atoms with Crippen LogP contribution in [0, 0.1) is 0 Å². The smallest absolute Gasteiger partial charge is 0.0990 e. The van der Waals surface area contributed by atoms with E-state index in [-0.39, 0.29) is 0 Å². The van der Waals surface area contributed by atoms with Gasteiger partial charge < -0.3 is 15.0 Å². The van der Waals surface area contributed by atoms with Crippen LogP contribution in [0.2, 0.25) is 0 Å². The summed E-state index contributed by atoms with van der Waals surface area (Å²) in [4.78, 5) is 2.22. The zero-order valence-electron chi connectivity index (χ0n) is 12.0. The lowest BCUT2D eigenvalue weighted by Gasteiger charge is -2.25. The van der Waals surface area contributed by atoms with E-state index in [9.17, 15) is 0 Å². The summed E-state index contributed by atoms with van der Waals surface area (Å²) >= 11 is 0. The first-order chi connectivity index (χ1) is 8.63.